The molecule has 0 bridgehead atoms. The smallest absolute Gasteiger partial charge is 0.178 e. The third-order valence-electron chi connectivity index (χ3n) is 4.94. The van der Waals surface area contributed by atoms with Crippen LogP contribution in [0.25, 0.3) is 10.4 Å². The van der Waals surface area contributed by atoms with Crippen LogP contribution in [0.4, 0.5) is 0 Å². The van der Waals surface area contributed by atoms with Crippen molar-refractivity contribution in [2.75, 3.05) is 26.9 Å². The Labute approximate surface area is 130 Å². The molecule has 1 saturated carbocycles. The molecule has 1 unspecified atom stereocenters. The minimum absolute atomic E-state index is 0.260. The van der Waals surface area contributed by atoms with Gasteiger partial charge in [0.25, 0.3) is 0 Å². The maximum Gasteiger partial charge on any atom is 0.178 e. The average Bonchev–Trinajstić information content (AvgIpc) is 3.17. The largest absolute Gasteiger partial charge is 0.497 e. The molecule has 2 aliphatic rings. The van der Waals surface area contributed by atoms with E-state index in [4.69, 9.17) is 19.7 Å². The van der Waals surface area contributed by atoms with E-state index in [1.807, 2.05) is 12.1 Å². The Morgan fingerprint density at radius 1 is 1.23 bits per heavy atom. The van der Waals surface area contributed by atoms with Gasteiger partial charge in [0, 0.05) is 23.3 Å². The number of hydrogen-bond donors (Lipinski definition) is 0. The molecule has 1 aromatic carbocycles. The van der Waals surface area contributed by atoms with Crippen molar-refractivity contribution in [3.05, 3.63) is 40.3 Å². The van der Waals surface area contributed by atoms with Gasteiger partial charge in [-0.15, -0.1) is 0 Å². The van der Waals surface area contributed by atoms with E-state index in [0.717, 1.165) is 31.4 Å². The average molecular weight is 303 g/mol. The first-order valence-electron chi connectivity index (χ1n) is 7.70. The maximum atomic E-state index is 8.60. The second-order valence-corrected chi connectivity index (χ2v) is 5.82. The molecule has 0 aromatic heterocycles. The monoisotopic (exact) mass is 303 g/mol. The number of azide groups is 1. The molecule has 3 rings (SSSR count). The zero-order valence-electron chi connectivity index (χ0n) is 12.8. The third kappa shape index (κ3) is 2.33. The molecule has 6 nitrogen and oxygen atoms in total. The highest BCUT2D eigenvalue weighted by molar-refractivity contribution is 5.36. The van der Waals surface area contributed by atoms with Gasteiger partial charge >= 0.3 is 0 Å². The summed E-state index contributed by atoms with van der Waals surface area (Å²) in [6.45, 7) is 1.69. The van der Waals surface area contributed by atoms with E-state index in [-0.39, 0.29) is 5.41 Å². The SMILES string of the molecule is COc1ccc(C2(CCN=[N+]=[N-])CCCC23OCCO3)cc1. The van der Waals surface area contributed by atoms with Gasteiger partial charge in [-0.05, 0) is 42.5 Å². The molecule has 1 saturated heterocycles. The van der Waals surface area contributed by atoms with E-state index in [9.17, 15) is 0 Å². The van der Waals surface area contributed by atoms with Crippen molar-refractivity contribution in [3.8, 4) is 5.75 Å². The lowest BCUT2D eigenvalue weighted by molar-refractivity contribution is -0.195. The second kappa shape index (κ2) is 6.16. The van der Waals surface area contributed by atoms with Crippen LogP contribution >= 0.6 is 0 Å². The normalized spacial score (nSPS) is 26.0. The minimum Gasteiger partial charge on any atom is -0.497 e. The minimum atomic E-state index is -0.577. The van der Waals surface area contributed by atoms with Gasteiger partial charge in [-0.2, -0.15) is 0 Å². The lowest BCUT2D eigenvalue weighted by atomic mass is 9.72. The molecule has 1 spiro atoms. The second-order valence-electron chi connectivity index (χ2n) is 5.82. The number of hydrogen-bond acceptors (Lipinski definition) is 4. The predicted octanol–water partition coefficient (Wildman–Crippen LogP) is 3.56. The van der Waals surface area contributed by atoms with Gasteiger partial charge in [0.2, 0.25) is 0 Å². The molecule has 1 atom stereocenters. The fourth-order valence-corrected chi connectivity index (χ4v) is 3.95. The molecule has 1 aliphatic carbocycles. The first-order valence-corrected chi connectivity index (χ1v) is 7.70. The van der Waals surface area contributed by atoms with E-state index < -0.39 is 5.79 Å². The first kappa shape index (κ1) is 15.2. The molecular weight excluding hydrogens is 282 g/mol. The van der Waals surface area contributed by atoms with Crippen molar-refractivity contribution in [3.63, 3.8) is 0 Å². The van der Waals surface area contributed by atoms with E-state index >= 15 is 0 Å². The van der Waals surface area contributed by atoms with Gasteiger partial charge in [-0.25, -0.2) is 0 Å². The highest BCUT2D eigenvalue weighted by Crippen LogP contribution is 2.55. The fraction of sp³-hybridized carbons (Fsp3) is 0.625. The predicted molar refractivity (Wildman–Crippen MR) is 81.8 cm³/mol. The Balaban J connectivity index is 1.99. The summed E-state index contributed by atoms with van der Waals surface area (Å²) < 4.78 is 17.4. The van der Waals surface area contributed by atoms with E-state index in [1.165, 1.54) is 5.56 Å². The standard InChI is InChI=1S/C16H21N3O3/c1-20-14-5-3-13(4-6-14)15(9-10-18-19-17)7-2-8-16(15)21-11-12-22-16/h3-6H,2,7-12H2,1H3. The lowest BCUT2D eigenvalue weighted by Gasteiger charge is -2.42. The van der Waals surface area contributed by atoms with Crippen LogP contribution in [0, 0.1) is 0 Å². The summed E-state index contributed by atoms with van der Waals surface area (Å²) in [5, 5.41) is 3.74. The highest BCUT2D eigenvalue weighted by Gasteiger charge is 2.59. The summed E-state index contributed by atoms with van der Waals surface area (Å²) in [6.07, 6.45) is 3.63. The molecule has 0 radical (unpaired) electrons. The van der Waals surface area contributed by atoms with Crippen LogP contribution in [0.1, 0.15) is 31.2 Å². The molecule has 1 heterocycles. The Hall–Kier alpha value is -1.75. The Kier molecular flexibility index (Phi) is 4.25. The van der Waals surface area contributed by atoms with Crippen LogP contribution in [0.15, 0.2) is 29.4 Å². The highest BCUT2D eigenvalue weighted by atomic mass is 16.7. The summed E-state index contributed by atoms with van der Waals surface area (Å²) in [6, 6.07) is 8.08. The zero-order valence-corrected chi connectivity index (χ0v) is 12.8. The van der Waals surface area contributed by atoms with Crippen LogP contribution in [-0.2, 0) is 14.9 Å². The Morgan fingerprint density at radius 2 is 1.95 bits per heavy atom. The van der Waals surface area contributed by atoms with Crippen LogP contribution in [0.3, 0.4) is 0 Å². The lowest BCUT2D eigenvalue weighted by Crippen LogP contribution is -2.49. The quantitative estimate of drug-likeness (QED) is 0.474. The molecular formula is C16H21N3O3. The zero-order chi connectivity index (χ0) is 15.5. The summed E-state index contributed by atoms with van der Waals surface area (Å²) in [4.78, 5) is 2.89. The van der Waals surface area contributed by atoms with Crippen LogP contribution < -0.4 is 4.74 Å². The molecule has 1 aromatic rings. The van der Waals surface area contributed by atoms with Gasteiger partial charge in [-0.3, -0.25) is 0 Å². The first-order chi connectivity index (χ1) is 10.8. The number of benzene rings is 1. The van der Waals surface area contributed by atoms with Gasteiger partial charge in [0.1, 0.15) is 5.75 Å². The number of ether oxygens (including phenoxy) is 3. The molecule has 22 heavy (non-hydrogen) atoms. The topological polar surface area (TPSA) is 76.5 Å². The van der Waals surface area contributed by atoms with Crippen molar-refractivity contribution in [2.24, 2.45) is 5.11 Å². The Morgan fingerprint density at radius 3 is 2.59 bits per heavy atom. The van der Waals surface area contributed by atoms with E-state index in [2.05, 4.69) is 22.2 Å². The number of nitrogens with zero attached hydrogens (tertiary/aromatic N) is 3. The van der Waals surface area contributed by atoms with Gasteiger partial charge < -0.3 is 14.2 Å². The van der Waals surface area contributed by atoms with Crippen molar-refractivity contribution in [2.45, 2.75) is 36.9 Å². The molecule has 0 N–H and O–H groups in total. The van der Waals surface area contributed by atoms with Gasteiger partial charge in [0.05, 0.1) is 20.3 Å². The van der Waals surface area contributed by atoms with Crippen molar-refractivity contribution in [1.82, 2.24) is 0 Å². The van der Waals surface area contributed by atoms with Gasteiger partial charge in [-0.1, -0.05) is 17.2 Å². The van der Waals surface area contributed by atoms with E-state index in [0.29, 0.717) is 19.8 Å². The Bertz CT molecular complexity index is 557. The summed E-state index contributed by atoms with van der Waals surface area (Å²) in [5.41, 5.74) is 9.51. The van der Waals surface area contributed by atoms with Crippen molar-refractivity contribution in [1.29, 1.82) is 0 Å². The summed E-state index contributed by atoms with van der Waals surface area (Å²) >= 11 is 0. The van der Waals surface area contributed by atoms with E-state index in [1.54, 1.807) is 7.11 Å². The molecule has 118 valence electrons. The van der Waals surface area contributed by atoms with Crippen LogP contribution in [-0.4, -0.2) is 32.7 Å². The maximum absolute atomic E-state index is 8.60. The van der Waals surface area contributed by atoms with Crippen LogP contribution in [0.5, 0.6) is 5.75 Å². The molecule has 0 amide bonds. The third-order valence-corrected chi connectivity index (χ3v) is 4.94. The molecule has 2 fully saturated rings. The summed E-state index contributed by atoms with van der Waals surface area (Å²) in [7, 11) is 1.66. The van der Waals surface area contributed by atoms with Crippen molar-refractivity contribution < 1.29 is 14.2 Å². The fourth-order valence-electron chi connectivity index (χ4n) is 3.95. The molecule has 6 heteroatoms. The van der Waals surface area contributed by atoms with Crippen LogP contribution in [0.2, 0.25) is 0 Å². The number of rotatable bonds is 5. The summed E-state index contributed by atoms with van der Waals surface area (Å²) in [5.74, 6) is 0.251. The molecule has 1 aliphatic heterocycles. The number of methoxy groups -OCH3 is 1. The van der Waals surface area contributed by atoms with Crippen molar-refractivity contribution >= 4 is 0 Å². The van der Waals surface area contributed by atoms with Gasteiger partial charge in [0.15, 0.2) is 5.79 Å².